The van der Waals surface area contributed by atoms with Gasteiger partial charge in [-0.05, 0) is 23.8 Å². The van der Waals surface area contributed by atoms with Crippen molar-refractivity contribution in [3.05, 3.63) is 57.6 Å². The number of benzene rings is 2. The Morgan fingerprint density at radius 3 is 1.86 bits per heavy atom. The number of aliphatic hydroxyl groups is 1. The summed E-state index contributed by atoms with van der Waals surface area (Å²) < 4.78 is 32.8. The number of nitro benzene ring substituents is 1. The molecule has 0 bridgehead atoms. The number of anilines is 1. The van der Waals surface area contributed by atoms with E-state index in [1.54, 1.807) is 12.1 Å². The molecule has 0 aromatic heterocycles. The summed E-state index contributed by atoms with van der Waals surface area (Å²) in [5.74, 6) is 0.668. The molecule has 2 aliphatic heterocycles. The monoisotopic (exact) mass is 490 g/mol. The topological polar surface area (TPSA) is 122 Å². The molecule has 1 fully saturated rings. The Balaban J connectivity index is 1.46. The smallest absolute Gasteiger partial charge is 0.279 e. The zero-order chi connectivity index (χ0) is 24.5. The van der Waals surface area contributed by atoms with Crippen LogP contribution >= 0.6 is 0 Å². The normalized spacial score (nSPS) is 18.9. The molecule has 2 aromatic carbocycles. The van der Waals surface area contributed by atoms with Crippen LogP contribution < -0.4 is 14.4 Å². The average Bonchev–Trinajstić information content (AvgIpc) is 3.33. The average molecular weight is 491 g/mol. The Morgan fingerprint density at radius 2 is 1.31 bits per heavy atom. The van der Waals surface area contributed by atoms with Crippen LogP contribution in [0.25, 0.3) is 0 Å². The van der Waals surface area contributed by atoms with Gasteiger partial charge in [-0.3, -0.25) is 10.1 Å². The van der Waals surface area contributed by atoms with Gasteiger partial charge in [0, 0.05) is 18.8 Å². The first-order valence-corrected chi connectivity index (χ1v) is 11.6. The number of hydrogen-bond acceptors (Lipinski definition) is 10. The zero-order valence-electron chi connectivity index (χ0n) is 19.4. The van der Waals surface area contributed by atoms with Crippen molar-refractivity contribution < 1.29 is 38.5 Å². The first-order valence-electron chi connectivity index (χ1n) is 11.6. The van der Waals surface area contributed by atoms with E-state index in [0.29, 0.717) is 83.0 Å². The summed E-state index contributed by atoms with van der Waals surface area (Å²) in [6.45, 7) is 5.42. The Bertz CT molecular complexity index is 954. The van der Waals surface area contributed by atoms with E-state index >= 15 is 0 Å². The van der Waals surface area contributed by atoms with Crippen molar-refractivity contribution in [1.29, 1.82) is 0 Å². The highest BCUT2D eigenvalue weighted by Gasteiger charge is 2.28. The molecular weight excluding hydrogens is 460 g/mol. The molecule has 11 nitrogen and oxygen atoms in total. The lowest BCUT2D eigenvalue weighted by Crippen LogP contribution is -2.31. The van der Waals surface area contributed by atoms with Gasteiger partial charge in [0.05, 0.1) is 69.4 Å². The van der Waals surface area contributed by atoms with Gasteiger partial charge in [0.2, 0.25) is 6.79 Å². The number of ether oxygens (including phenoxy) is 6. The molecule has 1 unspecified atom stereocenters. The van der Waals surface area contributed by atoms with Crippen LogP contribution in [0, 0.1) is 10.1 Å². The largest absolute Gasteiger partial charge is 0.454 e. The molecule has 0 saturated carbocycles. The van der Waals surface area contributed by atoms with E-state index in [1.807, 2.05) is 12.1 Å². The lowest BCUT2D eigenvalue weighted by Gasteiger charge is -2.25. The van der Waals surface area contributed by atoms with Gasteiger partial charge < -0.3 is 38.4 Å². The van der Waals surface area contributed by atoms with Gasteiger partial charge in [0.15, 0.2) is 11.5 Å². The van der Waals surface area contributed by atoms with Crippen molar-refractivity contribution in [2.45, 2.75) is 6.10 Å². The van der Waals surface area contributed by atoms with E-state index in [2.05, 4.69) is 4.90 Å². The van der Waals surface area contributed by atoms with Crippen LogP contribution in [0.5, 0.6) is 11.5 Å². The molecule has 1 atom stereocenters. The van der Waals surface area contributed by atoms with Gasteiger partial charge in [-0.1, -0.05) is 12.1 Å². The third-order valence-electron chi connectivity index (χ3n) is 5.71. The van der Waals surface area contributed by atoms with Crippen LogP contribution in [0.4, 0.5) is 11.4 Å². The van der Waals surface area contributed by atoms with Gasteiger partial charge in [-0.2, -0.15) is 0 Å². The third-order valence-corrected chi connectivity index (χ3v) is 5.71. The predicted octanol–water partition coefficient (Wildman–Crippen LogP) is 2.29. The molecule has 2 heterocycles. The van der Waals surface area contributed by atoms with Crippen molar-refractivity contribution >= 4 is 11.4 Å². The summed E-state index contributed by atoms with van der Waals surface area (Å²) in [7, 11) is 0. The fourth-order valence-corrected chi connectivity index (χ4v) is 3.85. The van der Waals surface area contributed by atoms with E-state index in [-0.39, 0.29) is 18.0 Å². The molecule has 0 amide bonds. The molecule has 1 saturated heterocycles. The second-order valence-electron chi connectivity index (χ2n) is 7.95. The van der Waals surface area contributed by atoms with Gasteiger partial charge in [0.1, 0.15) is 6.10 Å². The first-order chi connectivity index (χ1) is 17.1. The Labute approximate surface area is 203 Å². The molecule has 190 valence electrons. The van der Waals surface area contributed by atoms with Crippen LogP contribution in [0.15, 0.2) is 36.4 Å². The SMILES string of the molecule is O=[N+]([O-])c1cc2c(cc1C(O)c1ccc(N3CCOCCOCCOCCOCC3)cc1)OCO2. The lowest BCUT2D eigenvalue weighted by molar-refractivity contribution is -0.386. The summed E-state index contributed by atoms with van der Waals surface area (Å²) in [6, 6.07) is 10.0. The Morgan fingerprint density at radius 1 is 0.800 bits per heavy atom. The molecule has 35 heavy (non-hydrogen) atoms. The molecule has 0 aliphatic carbocycles. The van der Waals surface area contributed by atoms with Crippen LogP contribution in [-0.4, -0.2) is 82.8 Å². The van der Waals surface area contributed by atoms with Crippen molar-refractivity contribution in [3.63, 3.8) is 0 Å². The molecule has 2 aromatic rings. The van der Waals surface area contributed by atoms with Crippen LogP contribution in [0.2, 0.25) is 0 Å². The Hall–Kier alpha value is -2.96. The highest BCUT2D eigenvalue weighted by atomic mass is 16.7. The number of rotatable bonds is 4. The number of hydrogen-bond donors (Lipinski definition) is 1. The van der Waals surface area contributed by atoms with Crippen molar-refractivity contribution in [1.82, 2.24) is 0 Å². The van der Waals surface area contributed by atoms with Crippen LogP contribution in [-0.2, 0) is 18.9 Å². The van der Waals surface area contributed by atoms with Crippen LogP contribution in [0.1, 0.15) is 17.2 Å². The maximum Gasteiger partial charge on any atom is 0.279 e. The van der Waals surface area contributed by atoms with Crippen molar-refractivity contribution in [2.24, 2.45) is 0 Å². The molecular formula is C24H30N2O9. The Kier molecular flexibility index (Phi) is 9.09. The van der Waals surface area contributed by atoms with E-state index in [9.17, 15) is 15.2 Å². The lowest BCUT2D eigenvalue weighted by atomic mass is 9.99. The molecule has 11 heteroatoms. The minimum Gasteiger partial charge on any atom is -0.454 e. The highest BCUT2D eigenvalue weighted by Crippen LogP contribution is 2.41. The van der Waals surface area contributed by atoms with Gasteiger partial charge in [-0.25, -0.2) is 0 Å². The molecule has 0 spiro atoms. The van der Waals surface area contributed by atoms with Gasteiger partial charge in [-0.15, -0.1) is 0 Å². The number of nitrogens with zero attached hydrogens (tertiary/aromatic N) is 2. The summed E-state index contributed by atoms with van der Waals surface area (Å²) in [4.78, 5) is 13.2. The fourth-order valence-electron chi connectivity index (χ4n) is 3.85. The molecule has 2 aliphatic rings. The summed E-state index contributed by atoms with van der Waals surface area (Å²) >= 11 is 0. The van der Waals surface area contributed by atoms with Gasteiger partial charge >= 0.3 is 0 Å². The first kappa shape index (κ1) is 25.1. The quantitative estimate of drug-likeness (QED) is 0.505. The maximum atomic E-state index is 11.6. The minimum absolute atomic E-state index is 0.00988. The van der Waals surface area contributed by atoms with Crippen LogP contribution in [0.3, 0.4) is 0 Å². The third kappa shape index (κ3) is 6.80. The second kappa shape index (κ2) is 12.7. The summed E-state index contributed by atoms with van der Waals surface area (Å²) in [5, 5.41) is 22.5. The van der Waals surface area contributed by atoms with Gasteiger partial charge in [0.25, 0.3) is 5.69 Å². The number of fused-ring (bicyclic) bond motifs is 1. The number of aliphatic hydroxyl groups excluding tert-OH is 1. The summed E-state index contributed by atoms with van der Waals surface area (Å²) in [6.07, 6.45) is -1.20. The zero-order valence-corrected chi connectivity index (χ0v) is 19.4. The van der Waals surface area contributed by atoms with E-state index in [0.717, 1.165) is 5.69 Å². The predicted molar refractivity (Wildman–Crippen MR) is 125 cm³/mol. The van der Waals surface area contributed by atoms with Crippen molar-refractivity contribution in [3.8, 4) is 11.5 Å². The molecule has 0 radical (unpaired) electrons. The maximum absolute atomic E-state index is 11.6. The fraction of sp³-hybridized carbons (Fsp3) is 0.500. The standard InChI is InChI=1S/C24H30N2O9/c27-24(20-15-22-23(35-17-34-22)16-21(20)26(28)29)18-1-3-19(4-2-18)25-5-7-30-9-11-32-13-14-33-12-10-31-8-6-25/h1-4,15-16,24,27H,5-14,17H2. The molecule has 1 N–H and O–H groups in total. The minimum atomic E-state index is -1.20. The van der Waals surface area contributed by atoms with E-state index in [1.165, 1.54) is 12.1 Å². The highest BCUT2D eigenvalue weighted by molar-refractivity contribution is 5.58. The second-order valence-corrected chi connectivity index (χ2v) is 7.95. The number of nitro groups is 1. The van der Waals surface area contributed by atoms with Crippen molar-refractivity contribution in [2.75, 3.05) is 77.6 Å². The molecule has 4 rings (SSSR count). The van der Waals surface area contributed by atoms with E-state index < -0.39 is 11.0 Å². The van der Waals surface area contributed by atoms with E-state index in [4.69, 9.17) is 28.4 Å². The summed E-state index contributed by atoms with van der Waals surface area (Å²) in [5.41, 5.74) is 1.37.